The third-order valence-corrected chi connectivity index (χ3v) is 3.95. The van der Waals surface area contributed by atoms with Crippen molar-refractivity contribution in [2.45, 2.75) is 4.90 Å². The molecule has 110 valence electrons. The molecule has 3 N–H and O–H groups in total. The smallest absolute Gasteiger partial charge is 0.257 e. The second-order valence-corrected chi connectivity index (χ2v) is 6.44. The molecule has 0 aliphatic carbocycles. The van der Waals surface area contributed by atoms with Crippen LogP contribution >= 0.6 is 0 Å². The van der Waals surface area contributed by atoms with Gasteiger partial charge in [-0.2, -0.15) is 0 Å². The highest BCUT2D eigenvalue weighted by Gasteiger charge is 2.16. The Morgan fingerprint density at radius 1 is 1.19 bits per heavy atom. The predicted molar refractivity (Wildman–Crippen MR) is 78.3 cm³/mol. The highest BCUT2D eigenvalue weighted by Crippen LogP contribution is 2.22. The van der Waals surface area contributed by atoms with Crippen LogP contribution in [0.2, 0.25) is 0 Å². The molecular weight excluding hydrogens is 295 g/mol. The van der Waals surface area contributed by atoms with Gasteiger partial charge in [-0.3, -0.25) is 4.79 Å². The van der Waals surface area contributed by atoms with E-state index in [0.29, 0.717) is 0 Å². The van der Waals surface area contributed by atoms with E-state index >= 15 is 0 Å². The summed E-state index contributed by atoms with van der Waals surface area (Å²) in [7, 11) is -3.48. The lowest BCUT2D eigenvalue weighted by Gasteiger charge is -2.11. The fraction of sp³-hybridized carbons (Fsp3) is 0.0714. The molecule has 0 aliphatic heterocycles. The van der Waals surface area contributed by atoms with Gasteiger partial charge in [0.1, 0.15) is 5.82 Å². The van der Waals surface area contributed by atoms with Crippen LogP contribution < -0.4 is 11.1 Å². The first-order valence-electron chi connectivity index (χ1n) is 5.94. The standard InChI is InChI=1S/C14H13FN2O3S/c1-21(19,20)13-5-3-2-4-12(13)17-14(18)10-7-6-9(15)8-11(10)16/h2-8H,16H2,1H3,(H,17,18). The molecule has 2 aromatic carbocycles. The first-order chi connectivity index (χ1) is 9.79. The van der Waals surface area contributed by atoms with Crippen molar-refractivity contribution in [1.29, 1.82) is 0 Å². The van der Waals surface area contributed by atoms with Gasteiger partial charge in [-0.1, -0.05) is 12.1 Å². The maximum atomic E-state index is 13.0. The lowest BCUT2D eigenvalue weighted by Crippen LogP contribution is -2.16. The number of amides is 1. The minimum Gasteiger partial charge on any atom is -0.398 e. The second-order valence-electron chi connectivity index (χ2n) is 4.45. The summed E-state index contributed by atoms with van der Waals surface area (Å²) < 4.78 is 36.3. The van der Waals surface area contributed by atoms with Gasteiger partial charge in [-0.15, -0.1) is 0 Å². The first kappa shape index (κ1) is 15.0. The van der Waals surface area contributed by atoms with Gasteiger partial charge in [-0.05, 0) is 30.3 Å². The van der Waals surface area contributed by atoms with Gasteiger partial charge in [0, 0.05) is 11.9 Å². The van der Waals surface area contributed by atoms with Crippen LogP contribution in [0.15, 0.2) is 47.4 Å². The largest absolute Gasteiger partial charge is 0.398 e. The lowest BCUT2D eigenvalue weighted by atomic mass is 10.1. The van der Waals surface area contributed by atoms with Crippen LogP contribution in [0.1, 0.15) is 10.4 Å². The summed E-state index contributed by atoms with van der Waals surface area (Å²) >= 11 is 0. The third-order valence-electron chi connectivity index (χ3n) is 2.79. The lowest BCUT2D eigenvalue weighted by molar-refractivity contribution is 0.102. The van der Waals surface area contributed by atoms with Gasteiger partial charge in [0.2, 0.25) is 0 Å². The minimum atomic E-state index is -3.48. The molecule has 0 aromatic heterocycles. The zero-order valence-corrected chi connectivity index (χ0v) is 11.9. The van der Waals surface area contributed by atoms with Crippen LogP contribution in [0.4, 0.5) is 15.8 Å². The number of anilines is 2. The predicted octanol–water partition coefficient (Wildman–Crippen LogP) is 2.06. The number of halogens is 1. The van der Waals surface area contributed by atoms with Crippen molar-refractivity contribution in [3.05, 3.63) is 53.8 Å². The number of rotatable bonds is 3. The van der Waals surface area contributed by atoms with E-state index in [0.717, 1.165) is 18.4 Å². The Kier molecular flexibility index (Phi) is 3.95. The van der Waals surface area contributed by atoms with Gasteiger partial charge in [0.05, 0.1) is 16.1 Å². The zero-order valence-electron chi connectivity index (χ0n) is 11.1. The van der Waals surface area contributed by atoms with E-state index < -0.39 is 21.6 Å². The molecule has 7 heteroatoms. The normalized spacial score (nSPS) is 11.1. The highest BCUT2D eigenvalue weighted by atomic mass is 32.2. The molecule has 0 aliphatic rings. The summed E-state index contributed by atoms with van der Waals surface area (Å²) in [6, 6.07) is 9.37. The van der Waals surface area contributed by atoms with Crippen LogP contribution in [0.25, 0.3) is 0 Å². The van der Waals surface area contributed by atoms with E-state index in [9.17, 15) is 17.6 Å². The molecule has 0 spiro atoms. The monoisotopic (exact) mass is 308 g/mol. The Morgan fingerprint density at radius 3 is 2.48 bits per heavy atom. The molecular formula is C14H13FN2O3S. The Balaban J connectivity index is 2.37. The molecule has 2 aromatic rings. The van der Waals surface area contributed by atoms with Crippen molar-refractivity contribution in [1.82, 2.24) is 0 Å². The van der Waals surface area contributed by atoms with Crippen molar-refractivity contribution >= 4 is 27.1 Å². The summed E-state index contributed by atoms with van der Waals surface area (Å²) in [6.45, 7) is 0. The van der Waals surface area contributed by atoms with Crippen LogP contribution in [0.3, 0.4) is 0 Å². The fourth-order valence-corrected chi connectivity index (χ4v) is 2.67. The number of carbonyl (C=O) groups excluding carboxylic acids is 1. The summed E-state index contributed by atoms with van der Waals surface area (Å²) in [5.74, 6) is -1.16. The van der Waals surface area contributed by atoms with Gasteiger partial charge >= 0.3 is 0 Å². The molecule has 0 bridgehead atoms. The molecule has 21 heavy (non-hydrogen) atoms. The summed E-state index contributed by atoms with van der Waals surface area (Å²) in [6.07, 6.45) is 1.05. The molecule has 5 nitrogen and oxygen atoms in total. The summed E-state index contributed by atoms with van der Waals surface area (Å²) in [4.78, 5) is 12.1. The number of hydrogen-bond acceptors (Lipinski definition) is 4. The molecule has 0 saturated carbocycles. The number of sulfone groups is 1. The fourth-order valence-electron chi connectivity index (χ4n) is 1.82. The van der Waals surface area contributed by atoms with Gasteiger partial charge in [0.25, 0.3) is 5.91 Å². The Labute approximate surface area is 121 Å². The van der Waals surface area contributed by atoms with E-state index in [1.807, 2.05) is 0 Å². The second kappa shape index (κ2) is 5.53. The number of nitrogens with two attached hydrogens (primary N) is 1. The first-order valence-corrected chi connectivity index (χ1v) is 7.83. The van der Waals surface area contributed by atoms with E-state index in [1.54, 1.807) is 12.1 Å². The average Bonchev–Trinajstić information content (AvgIpc) is 2.37. The molecule has 2 rings (SSSR count). The Hall–Kier alpha value is -2.41. The van der Waals surface area contributed by atoms with Crippen molar-refractivity contribution in [2.75, 3.05) is 17.3 Å². The molecule has 0 radical (unpaired) electrons. The molecule has 0 atom stereocenters. The molecule has 0 unspecified atom stereocenters. The zero-order chi connectivity index (χ0) is 15.6. The van der Waals surface area contributed by atoms with E-state index in [4.69, 9.17) is 5.73 Å². The maximum absolute atomic E-state index is 13.0. The van der Waals surface area contributed by atoms with Gasteiger partial charge in [0.15, 0.2) is 9.84 Å². The van der Waals surface area contributed by atoms with Gasteiger partial charge in [-0.25, -0.2) is 12.8 Å². The highest BCUT2D eigenvalue weighted by molar-refractivity contribution is 7.90. The van der Waals surface area contributed by atoms with Crippen LogP contribution in [-0.2, 0) is 9.84 Å². The van der Waals surface area contributed by atoms with Crippen molar-refractivity contribution < 1.29 is 17.6 Å². The quantitative estimate of drug-likeness (QED) is 0.849. The number of benzene rings is 2. The Morgan fingerprint density at radius 2 is 1.86 bits per heavy atom. The Bertz CT molecular complexity index is 804. The number of hydrogen-bond donors (Lipinski definition) is 2. The maximum Gasteiger partial charge on any atom is 0.257 e. The van der Waals surface area contributed by atoms with Crippen molar-refractivity contribution in [3.63, 3.8) is 0 Å². The van der Waals surface area contributed by atoms with E-state index in [2.05, 4.69) is 5.32 Å². The van der Waals surface area contributed by atoms with Crippen LogP contribution in [-0.4, -0.2) is 20.6 Å². The van der Waals surface area contributed by atoms with E-state index in [1.165, 1.54) is 18.2 Å². The summed E-state index contributed by atoms with van der Waals surface area (Å²) in [5.41, 5.74) is 5.77. The molecule has 1 amide bonds. The van der Waals surface area contributed by atoms with Crippen molar-refractivity contribution in [3.8, 4) is 0 Å². The average molecular weight is 308 g/mol. The van der Waals surface area contributed by atoms with Crippen LogP contribution in [0.5, 0.6) is 0 Å². The van der Waals surface area contributed by atoms with Crippen molar-refractivity contribution in [2.24, 2.45) is 0 Å². The number of nitrogens with one attached hydrogen (secondary N) is 1. The molecule has 0 fully saturated rings. The number of nitrogen functional groups attached to an aromatic ring is 1. The van der Waals surface area contributed by atoms with Crippen LogP contribution in [0, 0.1) is 5.82 Å². The SMILES string of the molecule is CS(=O)(=O)c1ccccc1NC(=O)c1ccc(F)cc1N. The topological polar surface area (TPSA) is 89.3 Å². The third kappa shape index (κ3) is 3.38. The summed E-state index contributed by atoms with van der Waals surface area (Å²) in [5, 5.41) is 2.47. The van der Waals surface area contributed by atoms with Gasteiger partial charge < -0.3 is 11.1 Å². The molecule has 0 heterocycles. The minimum absolute atomic E-state index is 0.000895. The van der Waals surface area contributed by atoms with E-state index in [-0.39, 0.29) is 21.8 Å². The molecule has 0 saturated heterocycles. The number of para-hydroxylation sites is 1. The number of carbonyl (C=O) groups is 1.